The number of pyridine rings is 1. The zero-order valence-electron chi connectivity index (χ0n) is 12.8. The Morgan fingerprint density at radius 1 is 1.22 bits per heavy atom. The van der Waals surface area contributed by atoms with E-state index in [1.807, 2.05) is 12.1 Å². The van der Waals surface area contributed by atoms with Gasteiger partial charge in [-0.15, -0.1) is 0 Å². The van der Waals surface area contributed by atoms with Gasteiger partial charge in [-0.1, -0.05) is 0 Å². The van der Waals surface area contributed by atoms with Crippen LogP contribution in [0.25, 0.3) is 10.9 Å². The highest BCUT2D eigenvalue weighted by atomic mass is 16.4. The minimum Gasteiger partial charge on any atom is -0.477 e. The molecule has 0 atom stereocenters. The predicted octanol–water partition coefficient (Wildman–Crippen LogP) is 1.51. The normalized spacial score (nSPS) is 18.3. The van der Waals surface area contributed by atoms with Crippen LogP contribution in [-0.4, -0.2) is 42.2 Å². The molecular formula is C17H19N3O3. The number of benzene rings is 1. The molecule has 1 aliphatic heterocycles. The molecule has 120 valence electrons. The van der Waals surface area contributed by atoms with Gasteiger partial charge in [0.1, 0.15) is 5.56 Å². The van der Waals surface area contributed by atoms with Crippen LogP contribution in [0, 0.1) is 0 Å². The van der Waals surface area contributed by atoms with Crippen LogP contribution in [0.2, 0.25) is 0 Å². The third-order valence-electron chi connectivity index (χ3n) is 4.70. The summed E-state index contributed by atoms with van der Waals surface area (Å²) in [6.07, 6.45) is 1.89. The van der Waals surface area contributed by atoms with Gasteiger partial charge >= 0.3 is 5.97 Å². The summed E-state index contributed by atoms with van der Waals surface area (Å²) in [5.41, 5.74) is 1.93. The lowest BCUT2D eigenvalue weighted by molar-refractivity contribution is 0.0694. The number of aromatic amines is 1. The first-order valence-electron chi connectivity index (χ1n) is 8.04. The van der Waals surface area contributed by atoms with Crippen LogP contribution in [0.5, 0.6) is 0 Å². The first kappa shape index (κ1) is 14.3. The number of anilines is 1. The van der Waals surface area contributed by atoms with Crippen molar-refractivity contribution < 1.29 is 9.90 Å². The Labute approximate surface area is 133 Å². The highest BCUT2D eigenvalue weighted by Gasteiger charge is 2.31. The van der Waals surface area contributed by atoms with Crippen LogP contribution in [0.4, 0.5) is 5.69 Å². The molecule has 1 aliphatic carbocycles. The fourth-order valence-electron chi connectivity index (χ4n) is 3.31. The molecule has 0 spiro atoms. The second kappa shape index (κ2) is 5.38. The zero-order chi connectivity index (χ0) is 16.0. The van der Waals surface area contributed by atoms with Crippen LogP contribution in [0.1, 0.15) is 34.8 Å². The maximum Gasteiger partial charge on any atom is 0.341 e. The van der Waals surface area contributed by atoms with Crippen molar-refractivity contribution in [1.29, 1.82) is 0 Å². The van der Waals surface area contributed by atoms with Crippen LogP contribution >= 0.6 is 0 Å². The van der Waals surface area contributed by atoms with E-state index < -0.39 is 5.97 Å². The van der Waals surface area contributed by atoms with Gasteiger partial charge in [0.25, 0.3) is 0 Å². The molecule has 1 saturated heterocycles. The van der Waals surface area contributed by atoms with E-state index in [1.165, 1.54) is 0 Å². The molecule has 1 saturated carbocycles. The third kappa shape index (κ3) is 2.49. The summed E-state index contributed by atoms with van der Waals surface area (Å²) in [6, 6.07) is 5.62. The Morgan fingerprint density at radius 2 is 1.96 bits per heavy atom. The second-order valence-electron chi connectivity index (χ2n) is 6.29. The molecule has 4 rings (SSSR count). The van der Waals surface area contributed by atoms with Gasteiger partial charge in [0.15, 0.2) is 0 Å². The van der Waals surface area contributed by atoms with E-state index in [2.05, 4.69) is 15.2 Å². The maximum absolute atomic E-state index is 12.6. The Bertz CT molecular complexity index is 833. The van der Waals surface area contributed by atoms with Crippen LogP contribution in [0.3, 0.4) is 0 Å². The summed E-state index contributed by atoms with van der Waals surface area (Å²) in [5.74, 6) is -0.956. The smallest absolute Gasteiger partial charge is 0.341 e. The number of hydrogen-bond acceptors (Lipinski definition) is 4. The van der Waals surface area contributed by atoms with Crippen molar-refractivity contribution in [3.8, 4) is 0 Å². The summed E-state index contributed by atoms with van der Waals surface area (Å²) in [5, 5.41) is 13.2. The van der Waals surface area contributed by atoms with Gasteiger partial charge in [0.2, 0.25) is 5.43 Å². The number of fused-ring (bicyclic) bond motifs is 1. The second-order valence-corrected chi connectivity index (χ2v) is 6.29. The van der Waals surface area contributed by atoms with E-state index in [4.69, 9.17) is 0 Å². The van der Waals surface area contributed by atoms with Crippen molar-refractivity contribution in [1.82, 2.24) is 10.3 Å². The van der Waals surface area contributed by atoms with E-state index in [-0.39, 0.29) is 16.9 Å². The highest BCUT2D eigenvalue weighted by molar-refractivity contribution is 5.95. The SMILES string of the molecule is O=C(O)c1c(C2CC2)[nH]c2cc(N3CCNCC3)ccc2c1=O. The van der Waals surface area contributed by atoms with Gasteiger partial charge in [0.05, 0.1) is 5.52 Å². The molecule has 23 heavy (non-hydrogen) atoms. The number of nitrogens with zero attached hydrogens (tertiary/aromatic N) is 1. The van der Waals surface area contributed by atoms with Crippen molar-refractivity contribution in [2.45, 2.75) is 18.8 Å². The van der Waals surface area contributed by atoms with Crippen molar-refractivity contribution in [3.63, 3.8) is 0 Å². The topological polar surface area (TPSA) is 85.4 Å². The van der Waals surface area contributed by atoms with Crippen molar-refractivity contribution in [2.75, 3.05) is 31.1 Å². The molecule has 6 heteroatoms. The third-order valence-corrected chi connectivity index (χ3v) is 4.70. The minimum absolute atomic E-state index is 0.0880. The molecule has 3 N–H and O–H groups in total. The summed E-state index contributed by atoms with van der Waals surface area (Å²) < 4.78 is 0. The summed E-state index contributed by atoms with van der Waals surface area (Å²) in [7, 11) is 0. The first-order chi connectivity index (χ1) is 11.1. The number of aromatic carboxylic acids is 1. The molecule has 1 aromatic heterocycles. The van der Waals surface area contributed by atoms with E-state index in [0.29, 0.717) is 11.1 Å². The average molecular weight is 313 g/mol. The monoisotopic (exact) mass is 313 g/mol. The van der Waals surface area contributed by atoms with Crippen LogP contribution < -0.4 is 15.6 Å². The van der Waals surface area contributed by atoms with Gasteiger partial charge in [-0.2, -0.15) is 0 Å². The molecule has 2 aliphatic rings. The number of carboxylic acids is 1. The van der Waals surface area contributed by atoms with Gasteiger partial charge in [-0.05, 0) is 31.0 Å². The molecule has 0 radical (unpaired) electrons. The Balaban J connectivity index is 1.86. The number of H-pyrrole nitrogens is 1. The van der Waals surface area contributed by atoms with Crippen molar-refractivity contribution in [2.24, 2.45) is 0 Å². The number of carbonyl (C=O) groups is 1. The Kier molecular flexibility index (Phi) is 3.34. The van der Waals surface area contributed by atoms with Crippen LogP contribution in [0.15, 0.2) is 23.0 Å². The van der Waals surface area contributed by atoms with Crippen LogP contribution in [-0.2, 0) is 0 Å². The van der Waals surface area contributed by atoms with Crippen molar-refractivity contribution >= 4 is 22.6 Å². The quantitative estimate of drug-likeness (QED) is 0.800. The number of rotatable bonds is 3. The molecule has 0 unspecified atom stereocenters. The molecule has 6 nitrogen and oxygen atoms in total. The average Bonchev–Trinajstić information content (AvgIpc) is 3.39. The molecule has 2 heterocycles. The number of piperazine rings is 1. The van der Waals surface area contributed by atoms with Gasteiger partial charge < -0.3 is 20.3 Å². The number of hydrogen-bond donors (Lipinski definition) is 3. The largest absolute Gasteiger partial charge is 0.477 e. The Morgan fingerprint density at radius 3 is 2.61 bits per heavy atom. The van der Waals surface area contributed by atoms with E-state index in [1.54, 1.807) is 6.07 Å². The summed E-state index contributed by atoms with van der Waals surface area (Å²) in [6.45, 7) is 3.75. The first-order valence-corrected chi connectivity index (χ1v) is 8.04. The molecule has 1 aromatic carbocycles. The molecular weight excluding hydrogens is 294 g/mol. The van der Waals surface area contributed by atoms with E-state index in [0.717, 1.165) is 50.2 Å². The summed E-state index contributed by atoms with van der Waals surface area (Å²) >= 11 is 0. The predicted molar refractivity (Wildman–Crippen MR) is 88.6 cm³/mol. The molecule has 2 fully saturated rings. The lowest BCUT2D eigenvalue weighted by Gasteiger charge is -2.29. The standard InChI is InChI=1S/C17H19N3O3/c21-16-12-4-3-11(20-7-5-18-6-8-20)9-13(12)19-15(10-1-2-10)14(16)17(22)23/h3-4,9-10,18H,1-2,5-8H2,(H,19,21)(H,22,23). The van der Waals surface area contributed by atoms with Gasteiger partial charge in [-0.3, -0.25) is 4.79 Å². The zero-order valence-corrected chi connectivity index (χ0v) is 12.8. The number of carboxylic acid groups (broad SMARTS) is 1. The summed E-state index contributed by atoms with van der Waals surface area (Å²) in [4.78, 5) is 29.6. The fourth-order valence-corrected chi connectivity index (χ4v) is 3.31. The highest BCUT2D eigenvalue weighted by Crippen LogP contribution is 2.40. The minimum atomic E-state index is -1.14. The number of nitrogens with one attached hydrogen (secondary N) is 2. The lowest BCUT2D eigenvalue weighted by atomic mass is 10.0. The lowest BCUT2D eigenvalue weighted by Crippen LogP contribution is -2.43. The van der Waals surface area contributed by atoms with Gasteiger partial charge in [0, 0.05) is 48.9 Å². The molecule has 0 bridgehead atoms. The number of aromatic nitrogens is 1. The fraction of sp³-hybridized carbons (Fsp3) is 0.412. The Hall–Kier alpha value is -2.34. The maximum atomic E-state index is 12.6. The van der Waals surface area contributed by atoms with Gasteiger partial charge in [-0.25, -0.2) is 4.79 Å². The van der Waals surface area contributed by atoms with E-state index in [9.17, 15) is 14.7 Å². The van der Waals surface area contributed by atoms with Crippen molar-refractivity contribution in [3.05, 3.63) is 39.7 Å². The molecule has 2 aromatic rings. The van der Waals surface area contributed by atoms with E-state index >= 15 is 0 Å². The molecule has 0 amide bonds.